The van der Waals surface area contributed by atoms with Crippen LogP contribution in [-0.2, 0) is 0 Å². The van der Waals surface area contributed by atoms with E-state index in [1.807, 2.05) is 0 Å². The smallest absolute Gasteiger partial charge is 0.00219 e. The summed E-state index contributed by atoms with van der Waals surface area (Å²) in [5, 5.41) is 0. The lowest BCUT2D eigenvalue weighted by Gasteiger charge is -2.30. The molecule has 1 heterocycles. The SMILES string of the molecule is CC(C)C1CCCN(CC(CN)CC(C)(C)C)CC1. The molecule has 0 saturated carbocycles. The quantitative estimate of drug-likeness (QED) is 0.822. The van der Waals surface area contributed by atoms with Crippen molar-refractivity contribution in [1.29, 1.82) is 0 Å². The first kappa shape index (κ1) is 17.0. The standard InChI is InChI=1S/C17H36N2/c1-14(2)16-7-6-9-19(10-8-16)13-15(12-18)11-17(3,4)5/h14-16H,6-13,18H2,1-5H3. The third-order valence-corrected chi connectivity index (χ3v) is 4.56. The van der Waals surface area contributed by atoms with E-state index in [9.17, 15) is 0 Å². The van der Waals surface area contributed by atoms with Crippen molar-refractivity contribution in [3.05, 3.63) is 0 Å². The molecule has 0 aromatic rings. The van der Waals surface area contributed by atoms with Crippen LogP contribution in [0, 0.1) is 23.2 Å². The van der Waals surface area contributed by atoms with Crippen molar-refractivity contribution in [3.63, 3.8) is 0 Å². The van der Waals surface area contributed by atoms with Gasteiger partial charge in [0, 0.05) is 6.54 Å². The maximum atomic E-state index is 5.99. The molecule has 1 saturated heterocycles. The number of nitrogens with zero attached hydrogens (tertiary/aromatic N) is 1. The van der Waals surface area contributed by atoms with Gasteiger partial charge in [0.05, 0.1) is 0 Å². The van der Waals surface area contributed by atoms with Crippen LogP contribution >= 0.6 is 0 Å². The van der Waals surface area contributed by atoms with Gasteiger partial charge in [-0.05, 0) is 68.5 Å². The predicted octanol–water partition coefficient (Wildman–Crippen LogP) is 3.76. The molecular weight excluding hydrogens is 232 g/mol. The van der Waals surface area contributed by atoms with E-state index in [1.54, 1.807) is 0 Å². The van der Waals surface area contributed by atoms with Gasteiger partial charge < -0.3 is 10.6 Å². The van der Waals surface area contributed by atoms with Gasteiger partial charge in [-0.3, -0.25) is 0 Å². The molecule has 0 spiro atoms. The monoisotopic (exact) mass is 268 g/mol. The second-order valence-electron chi connectivity index (χ2n) is 8.10. The van der Waals surface area contributed by atoms with Crippen LogP contribution in [0.25, 0.3) is 0 Å². The minimum atomic E-state index is 0.399. The molecule has 0 bridgehead atoms. The first-order chi connectivity index (χ1) is 8.81. The Balaban J connectivity index is 2.43. The molecule has 1 aliphatic heterocycles. The number of likely N-dealkylation sites (tertiary alicyclic amines) is 1. The maximum absolute atomic E-state index is 5.99. The Labute approximate surface area is 121 Å². The van der Waals surface area contributed by atoms with E-state index in [0.29, 0.717) is 11.3 Å². The van der Waals surface area contributed by atoms with Gasteiger partial charge in [0.2, 0.25) is 0 Å². The second-order valence-corrected chi connectivity index (χ2v) is 8.10. The normalized spacial score (nSPS) is 24.5. The van der Waals surface area contributed by atoms with Gasteiger partial charge in [-0.25, -0.2) is 0 Å². The molecule has 114 valence electrons. The molecule has 0 aromatic heterocycles. The maximum Gasteiger partial charge on any atom is 0.00219 e. The molecule has 1 fully saturated rings. The van der Waals surface area contributed by atoms with Gasteiger partial charge in [0.25, 0.3) is 0 Å². The van der Waals surface area contributed by atoms with Gasteiger partial charge >= 0.3 is 0 Å². The van der Waals surface area contributed by atoms with Crippen molar-refractivity contribution in [2.24, 2.45) is 28.9 Å². The van der Waals surface area contributed by atoms with E-state index < -0.39 is 0 Å². The minimum Gasteiger partial charge on any atom is -0.330 e. The number of nitrogens with two attached hydrogens (primary N) is 1. The molecule has 2 heteroatoms. The number of hydrogen-bond acceptors (Lipinski definition) is 2. The summed E-state index contributed by atoms with van der Waals surface area (Å²) in [5.41, 5.74) is 6.38. The zero-order valence-corrected chi connectivity index (χ0v) is 13.9. The highest BCUT2D eigenvalue weighted by molar-refractivity contribution is 4.77. The van der Waals surface area contributed by atoms with Crippen LogP contribution in [0.4, 0.5) is 0 Å². The van der Waals surface area contributed by atoms with Crippen molar-refractivity contribution in [3.8, 4) is 0 Å². The Morgan fingerprint density at radius 2 is 1.84 bits per heavy atom. The van der Waals surface area contributed by atoms with E-state index in [-0.39, 0.29) is 0 Å². The van der Waals surface area contributed by atoms with E-state index in [1.165, 1.54) is 45.3 Å². The first-order valence-electron chi connectivity index (χ1n) is 8.24. The Kier molecular flexibility index (Phi) is 6.82. The van der Waals surface area contributed by atoms with Crippen molar-refractivity contribution in [2.45, 2.75) is 60.3 Å². The lowest BCUT2D eigenvalue weighted by molar-refractivity contribution is 0.195. The second kappa shape index (κ2) is 7.64. The molecule has 0 aromatic carbocycles. The molecule has 2 unspecified atom stereocenters. The first-order valence-corrected chi connectivity index (χ1v) is 8.24. The van der Waals surface area contributed by atoms with Gasteiger partial charge in [0.1, 0.15) is 0 Å². The summed E-state index contributed by atoms with van der Waals surface area (Å²) < 4.78 is 0. The highest BCUT2D eigenvalue weighted by atomic mass is 15.1. The summed E-state index contributed by atoms with van der Waals surface area (Å²) in [6.07, 6.45) is 5.41. The molecule has 2 atom stereocenters. The van der Waals surface area contributed by atoms with E-state index >= 15 is 0 Å². The average molecular weight is 268 g/mol. The summed E-state index contributed by atoms with van der Waals surface area (Å²) in [7, 11) is 0. The van der Waals surface area contributed by atoms with Crippen LogP contribution < -0.4 is 5.73 Å². The van der Waals surface area contributed by atoms with E-state index in [2.05, 4.69) is 39.5 Å². The van der Waals surface area contributed by atoms with E-state index in [0.717, 1.165) is 18.4 Å². The minimum absolute atomic E-state index is 0.399. The lowest BCUT2D eigenvalue weighted by Crippen LogP contribution is -2.35. The van der Waals surface area contributed by atoms with Gasteiger partial charge in [-0.2, -0.15) is 0 Å². The Morgan fingerprint density at radius 1 is 1.16 bits per heavy atom. The van der Waals surface area contributed by atoms with Crippen LogP contribution in [0.1, 0.15) is 60.3 Å². The Hall–Kier alpha value is -0.0800. The van der Waals surface area contributed by atoms with Crippen molar-refractivity contribution >= 4 is 0 Å². The summed E-state index contributed by atoms with van der Waals surface area (Å²) in [6, 6.07) is 0. The van der Waals surface area contributed by atoms with Crippen LogP contribution in [0.15, 0.2) is 0 Å². The van der Waals surface area contributed by atoms with Crippen LogP contribution in [0.2, 0.25) is 0 Å². The Morgan fingerprint density at radius 3 is 2.37 bits per heavy atom. The third kappa shape index (κ3) is 6.76. The zero-order valence-electron chi connectivity index (χ0n) is 13.9. The number of hydrogen-bond donors (Lipinski definition) is 1. The molecular formula is C17H36N2. The average Bonchev–Trinajstić information content (AvgIpc) is 2.52. The number of rotatable bonds is 5. The fourth-order valence-electron chi connectivity index (χ4n) is 3.48. The van der Waals surface area contributed by atoms with Crippen molar-refractivity contribution < 1.29 is 0 Å². The van der Waals surface area contributed by atoms with Gasteiger partial charge in [-0.1, -0.05) is 34.6 Å². The predicted molar refractivity (Wildman–Crippen MR) is 85.2 cm³/mol. The molecule has 0 aliphatic carbocycles. The fraction of sp³-hybridized carbons (Fsp3) is 1.00. The molecule has 2 nitrogen and oxygen atoms in total. The third-order valence-electron chi connectivity index (χ3n) is 4.56. The Bertz CT molecular complexity index is 242. The summed E-state index contributed by atoms with van der Waals surface area (Å²) >= 11 is 0. The van der Waals surface area contributed by atoms with Crippen LogP contribution in [-0.4, -0.2) is 31.1 Å². The molecule has 0 amide bonds. The molecule has 1 aliphatic rings. The van der Waals surface area contributed by atoms with Crippen molar-refractivity contribution in [1.82, 2.24) is 4.90 Å². The molecule has 1 rings (SSSR count). The van der Waals surface area contributed by atoms with E-state index in [4.69, 9.17) is 5.73 Å². The largest absolute Gasteiger partial charge is 0.330 e. The molecule has 19 heavy (non-hydrogen) atoms. The fourth-order valence-corrected chi connectivity index (χ4v) is 3.48. The van der Waals surface area contributed by atoms with Crippen LogP contribution in [0.5, 0.6) is 0 Å². The van der Waals surface area contributed by atoms with Gasteiger partial charge in [-0.15, -0.1) is 0 Å². The lowest BCUT2D eigenvalue weighted by atomic mass is 9.84. The van der Waals surface area contributed by atoms with Crippen LogP contribution in [0.3, 0.4) is 0 Å². The van der Waals surface area contributed by atoms with Crippen molar-refractivity contribution in [2.75, 3.05) is 26.2 Å². The zero-order chi connectivity index (χ0) is 14.5. The van der Waals surface area contributed by atoms with Gasteiger partial charge in [0.15, 0.2) is 0 Å². The summed E-state index contributed by atoms with van der Waals surface area (Å²) in [4.78, 5) is 2.67. The highest BCUT2D eigenvalue weighted by Crippen LogP contribution is 2.27. The molecule has 0 radical (unpaired) electrons. The molecule has 2 N–H and O–H groups in total. The topological polar surface area (TPSA) is 29.3 Å². The highest BCUT2D eigenvalue weighted by Gasteiger charge is 2.23. The summed E-state index contributed by atoms with van der Waals surface area (Å²) in [6.45, 7) is 16.3. The summed E-state index contributed by atoms with van der Waals surface area (Å²) in [5.74, 6) is 2.44.